The van der Waals surface area contributed by atoms with Crippen LogP contribution in [0, 0.1) is 0 Å². The summed E-state index contributed by atoms with van der Waals surface area (Å²) in [4.78, 5) is 0. The predicted octanol–water partition coefficient (Wildman–Crippen LogP) is 0.930. The van der Waals surface area contributed by atoms with Gasteiger partial charge in [-0.3, -0.25) is 0 Å². The molecule has 0 aromatic heterocycles. The SMILES string of the molecule is COCc1cccc(CNCC(O)COC)c1. The summed E-state index contributed by atoms with van der Waals surface area (Å²) in [5, 5.41) is 12.6. The highest BCUT2D eigenvalue weighted by atomic mass is 16.5. The average molecular weight is 239 g/mol. The molecule has 17 heavy (non-hydrogen) atoms. The van der Waals surface area contributed by atoms with Crippen molar-refractivity contribution in [1.82, 2.24) is 5.32 Å². The van der Waals surface area contributed by atoms with Crippen molar-refractivity contribution in [2.45, 2.75) is 19.3 Å². The molecule has 4 heteroatoms. The Hall–Kier alpha value is -0.940. The van der Waals surface area contributed by atoms with Crippen LogP contribution in [0.15, 0.2) is 24.3 Å². The summed E-state index contributed by atoms with van der Waals surface area (Å²) in [6.07, 6.45) is -0.456. The number of benzene rings is 1. The van der Waals surface area contributed by atoms with Gasteiger partial charge in [0.2, 0.25) is 0 Å². The number of methoxy groups -OCH3 is 2. The first-order valence-corrected chi connectivity index (χ1v) is 5.70. The van der Waals surface area contributed by atoms with Crippen LogP contribution in [0.5, 0.6) is 0 Å². The van der Waals surface area contributed by atoms with Crippen molar-refractivity contribution in [2.24, 2.45) is 0 Å². The second-order valence-corrected chi connectivity index (χ2v) is 3.99. The minimum absolute atomic E-state index is 0.358. The van der Waals surface area contributed by atoms with Crippen LogP contribution in [0.25, 0.3) is 0 Å². The molecule has 1 aromatic rings. The normalized spacial score (nSPS) is 12.6. The van der Waals surface area contributed by atoms with Gasteiger partial charge >= 0.3 is 0 Å². The summed E-state index contributed by atoms with van der Waals surface area (Å²) in [6, 6.07) is 8.19. The molecule has 0 radical (unpaired) electrons. The molecule has 0 saturated heterocycles. The smallest absolute Gasteiger partial charge is 0.0897 e. The van der Waals surface area contributed by atoms with Gasteiger partial charge < -0.3 is 19.9 Å². The minimum atomic E-state index is -0.456. The summed E-state index contributed by atoms with van der Waals surface area (Å²) in [6.45, 7) is 2.25. The van der Waals surface area contributed by atoms with Gasteiger partial charge in [0.25, 0.3) is 0 Å². The molecule has 0 saturated carbocycles. The molecule has 0 aliphatic rings. The second-order valence-electron chi connectivity index (χ2n) is 3.99. The van der Waals surface area contributed by atoms with E-state index in [1.54, 1.807) is 14.2 Å². The number of aliphatic hydroxyl groups excluding tert-OH is 1. The number of nitrogens with one attached hydrogen (secondary N) is 1. The Morgan fingerprint density at radius 3 is 2.71 bits per heavy atom. The van der Waals surface area contributed by atoms with E-state index in [4.69, 9.17) is 9.47 Å². The van der Waals surface area contributed by atoms with Crippen LogP contribution >= 0.6 is 0 Å². The van der Waals surface area contributed by atoms with E-state index in [0.29, 0.717) is 19.8 Å². The zero-order chi connectivity index (χ0) is 12.5. The standard InChI is InChI=1S/C13H21NO3/c1-16-9-12-5-3-4-11(6-12)7-14-8-13(15)10-17-2/h3-6,13-15H,7-10H2,1-2H3. The summed E-state index contributed by atoms with van der Waals surface area (Å²) in [7, 11) is 3.27. The largest absolute Gasteiger partial charge is 0.389 e. The zero-order valence-electron chi connectivity index (χ0n) is 10.5. The molecule has 0 fully saturated rings. The van der Waals surface area contributed by atoms with E-state index < -0.39 is 6.10 Å². The fraction of sp³-hybridized carbons (Fsp3) is 0.538. The maximum Gasteiger partial charge on any atom is 0.0897 e. The van der Waals surface area contributed by atoms with Gasteiger partial charge in [-0.25, -0.2) is 0 Å². The van der Waals surface area contributed by atoms with E-state index >= 15 is 0 Å². The molecule has 0 spiro atoms. The minimum Gasteiger partial charge on any atom is -0.389 e. The molecule has 0 amide bonds. The van der Waals surface area contributed by atoms with Crippen LogP contribution < -0.4 is 5.32 Å². The van der Waals surface area contributed by atoms with Crippen LogP contribution in [-0.2, 0) is 22.6 Å². The number of hydrogen-bond acceptors (Lipinski definition) is 4. The maximum absolute atomic E-state index is 9.46. The molecule has 0 heterocycles. The predicted molar refractivity (Wildman–Crippen MR) is 66.7 cm³/mol. The summed E-state index contributed by atoms with van der Waals surface area (Å²) in [5.41, 5.74) is 2.34. The Kier molecular flexibility index (Phi) is 6.81. The Morgan fingerprint density at radius 1 is 1.24 bits per heavy atom. The van der Waals surface area contributed by atoms with E-state index in [2.05, 4.69) is 17.4 Å². The van der Waals surface area contributed by atoms with Crippen molar-refractivity contribution in [3.05, 3.63) is 35.4 Å². The van der Waals surface area contributed by atoms with Crippen LogP contribution in [0.3, 0.4) is 0 Å². The first kappa shape index (κ1) is 14.1. The lowest BCUT2D eigenvalue weighted by Gasteiger charge is -2.11. The van der Waals surface area contributed by atoms with Crippen LogP contribution in [-0.4, -0.2) is 38.6 Å². The summed E-state index contributed by atoms with van der Waals surface area (Å²) >= 11 is 0. The van der Waals surface area contributed by atoms with Crippen LogP contribution in [0.4, 0.5) is 0 Å². The van der Waals surface area contributed by atoms with Crippen LogP contribution in [0.2, 0.25) is 0 Å². The van der Waals surface area contributed by atoms with Gasteiger partial charge in [-0.2, -0.15) is 0 Å². The highest BCUT2D eigenvalue weighted by molar-refractivity contribution is 5.22. The Balaban J connectivity index is 2.33. The first-order valence-electron chi connectivity index (χ1n) is 5.70. The van der Waals surface area contributed by atoms with E-state index in [-0.39, 0.29) is 0 Å². The van der Waals surface area contributed by atoms with E-state index in [1.165, 1.54) is 5.56 Å². The van der Waals surface area contributed by atoms with Gasteiger partial charge in [-0.15, -0.1) is 0 Å². The molecular formula is C13H21NO3. The topological polar surface area (TPSA) is 50.7 Å². The fourth-order valence-corrected chi connectivity index (χ4v) is 1.63. The zero-order valence-corrected chi connectivity index (χ0v) is 10.5. The van der Waals surface area contributed by atoms with Crippen molar-refractivity contribution in [3.63, 3.8) is 0 Å². The van der Waals surface area contributed by atoms with Crippen molar-refractivity contribution in [3.8, 4) is 0 Å². The quantitative estimate of drug-likeness (QED) is 0.708. The van der Waals surface area contributed by atoms with Gasteiger partial charge in [0, 0.05) is 27.3 Å². The third kappa shape index (κ3) is 5.79. The highest BCUT2D eigenvalue weighted by Crippen LogP contribution is 2.06. The lowest BCUT2D eigenvalue weighted by molar-refractivity contribution is 0.0644. The monoisotopic (exact) mass is 239 g/mol. The van der Waals surface area contributed by atoms with Crippen molar-refractivity contribution < 1.29 is 14.6 Å². The summed E-state index contributed by atoms with van der Waals surface area (Å²) < 4.78 is 9.93. The molecule has 0 aliphatic heterocycles. The molecule has 1 rings (SSSR count). The summed E-state index contributed by atoms with van der Waals surface area (Å²) in [5.74, 6) is 0. The van der Waals surface area contributed by atoms with Crippen molar-refractivity contribution >= 4 is 0 Å². The maximum atomic E-state index is 9.46. The molecule has 1 atom stereocenters. The molecule has 0 bridgehead atoms. The van der Waals surface area contributed by atoms with Crippen molar-refractivity contribution in [1.29, 1.82) is 0 Å². The molecule has 0 aliphatic carbocycles. The molecule has 2 N–H and O–H groups in total. The third-order valence-electron chi connectivity index (χ3n) is 2.37. The van der Waals surface area contributed by atoms with Crippen molar-refractivity contribution in [2.75, 3.05) is 27.4 Å². The van der Waals surface area contributed by atoms with E-state index in [1.807, 2.05) is 12.1 Å². The van der Waals surface area contributed by atoms with Gasteiger partial charge in [-0.05, 0) is 11.1 Å². The van der Waals surface area contributed by atoms with Gasteiger partial charge in [0.05, 0.1) is 19.3 Å². The highest BCUT2D eigenvalue weighted by Gasteiger charge is 2.02. The molecule has 1 unspecified atom stereocenters. The second kappa shape index (κ2) is 8.20. The average Bonchev–Trinajstić information content (AvgIpc) is 2.30. The molecular weight excluding hydrogens is 218 g/mol. The number of rotatable bonds is 8. The Bertz CT molecular complexity index is 317. The van der Waals surface area contributed by atoms with Gasteiger partial charge in [0.1, 0.15) is 0 Å². The Labute approximate surface area is 103 Å². The first-order chi connectivity index (χ1) is 8.26. The lowest BCUT2D eigenvalue weighted by Crippen LogP contribution is -2.29. The fourth-order valence-electron chi connectivity index (χ4n) is 1.63. The van der Waals surface area contributed by atoms with Crippen LogP contribution in [0.1, 0.15) is 11.1 Å². The number of hydrogen-bond donors (Lipinski definition) is 2. The van der Waals surface area contributed by atoms with E-state index in [0.717, 1.165) is 12.1 Å². The molecule has 1 aromatic carbocycles. The third-order valence-corrected chi connectivity index (χ3v) is 2.37. The molecule has 96 valence electrons. The van der Waals surface area contributed by atoms with E-state index in [9.17, 15) is 5.11 Å². The number of ether oxygens (including phenoxy) is 2. The van der Waals surface area contributed by atoms with Gasteiger partial charge in [0.15, 0.2) is 0 Å². The molecule has 4 nitrogen and oxygen atoms in total. The Morgan fingerprint density at radius 2 is 2.00 bits per heavy atom. The van der Waals surface area contributed by atoms with Gasteiger partial charge in [-0.1, -0.05) is 24.3 Å². The lowest BCUT2D eigenvalue weighted by atomic mass is 10.1. The number of aliphatic hydroxyl groups is 1.